The summed E-state index contributed by atoms with van der Waals surface area (Å²) in [5, 5.41) is 11.0. The lowest BCUT2D eigenvalue weighted by Gasteiger charge is -2.13. The molecule has 0 atom stereocenters. The number of aromatic nitrogens is 3. The maximum atomic E-state index is 5.31. The highest BCUT2D eigenvalue weighted by Gasteiger charge is 2.17. The molecular formula is C55H33N3S. The van der Waals surface area contributed by atoms with E-state index in [1.807, 2.05) is 11.3 Å². The number of fused-ring (bicyclic) bond motifs is 9. The van der Waals surface area contributed by atoms with Crippen LogP contribution in [0.1, 0.15) is 0 Å². The summed E-state index contributed by atoms with van der Waals surface area (Å²) in [7, 11) is 0. The highest BCUT2D eigenvalue weighted by Crippen LogP contribution is 2.43. The molecule has 4 heteroatoms. The van der Waals surface area contributed by atoms with Gasteiger partial charge < -0.3 is 0 Å². The second-order valence-electron chi connectivity index (χ2n) is 15.2. The van der Waals surface area contributed by atoms with Crippen molar-refractivity contribution in [3.05, 3.63) is 200 Å². The van der Waals surface area contributed by atoms with Crippen molar-refractivity contribution in [1.29, 1.82) is 0 Å². The number of pyridine rings is 1. The van der Waals surface area contributed by atoms with Crippen molar-refractivity contribution in [2.45, 2.75) is 0 Å². The van der Waals surface area contributed by atoms with E-state index in [9.17, 15) is 0 Å². The Kier molecular flexibility index (Phi) is 7.72. The van der Waals surface area contributed by atoms with E-state index < -0.39 is 0 Å². The van der Waals surface area contributed by atoms with Crippen LogP contribution >= 0.6 is 11.3 Å². The predicted molar refractivity (Wildman–Crippen MR) is 250 cm³/mol. The van der Waals surface area contributed by atoms with Gasteiger partial charge in [0.25, 0.3) is 0 Å². The zero-order valence-electron chi connectivity index (χ0n) is 31.8. The Balaban J connectivity index is 0.957. The maximum absolute atomic E-state index is 5.31. The summed E-state index contributed by atoms with van der Waals surface area (Å²) >= 11 is 1.87. The summed E-state index contributed by atoms with van der Waals surface area (Å²) in [4.78, 5) is 15.7. The number of benzene rings is 9. The Labute approximate surface area is 344 Å². The van der Waals surface area contributed by atoms with Gasteiger partial charge >= 0.3 is 0 Å². The third-order valence-electron chi connectivity index (χ3n) is 11.6. The minimum absolute atomic E-state index is 0.693. The first kappa shape index (κ1) is 33.6. The Bertz CT molecular complexity index is 3520. The molecule has 0 spiro atoms. The highest BCUT2D eigenvalue weighted by molar-refractivity contribution is 7.26. The molecule has 0 bridgehead atoms. The molecule has 3 aromatic heterocycles. The molecule has 0 unspecified atom stereocenters. The highest BCUT2D eigenvalue weighted by atomic mass is 32.1. The molecule has 0 aliphatic carbocycles. The molecular weight excluding hydrogens is 735 g/mol. The first-order valence-corrected chi connectivity index (χ1v) is 20.7. The van der Waals surface area contributed by atoms with Gasteiger partial charge in [0.2, 0.25) is 0 Å². The van der Waals surface area contributed by atoms with Crippen molar-refractivity contribution in [3.8, 4) is 56.3 Å². The van der Waals surface area contributed by atoms with Crippen LogP contribution in [0.25, 0.3) is 120 Å². The van der Waals surface area contributed by atoms with Crippen LogP contribution in [-0.4, -0.2) is 15.0 Å². The summed E-state index contributed by atoms with van der Waals surface area (Å²) in [6.45, 7) is 0. The number of nitrogens with zero attached hydrogens (tertiary/aromatic N) is 3. The fourth-order valence-electron chi connectivity index (χ4n) is 8.66. The normalized spacial score (nSPS) is 11.7. The molecule has 9 aromatic carbocycles. The van der Waals surface area contributed by atoms with Gasteiger partial charge in [-0.3, -0.25) is 0 Å². The first-order valence-electron chi connectivity index (χ1n) is 19.9. The van der Waals surface area contributed by atoms with Gasteiger partial charge in [-0.05, 0) is 69.1 Å². The first-order chi connectivity index (χ1) is 29.2. The van der Waals surface area contributed by atoms with Gasteiger partial charge in [-0.2, -0.15) is 0 Å². The smallest absolute Gasteiger partial charge is 0.160 e. The number of hydrogen-bond acceptors (Lipinski definition) is 4. The lowest BCUT2D eigenvalue weighted by Crippen LogP contribution is -1.96. The Morgan fingerprint density at radius 1 is 0.322 bits per heavy atom. The summed E-state index contributed by atoms with van der Waals surface area (Å²) in [5.74, 6) is 0.693. The zero-order chi connectivity index (χ0) is 38.9. The third kappa shape index (κ3) is 5.76. The standard InChI is InChI=1S/C55H33N3S/c1-3-12-38-30-41(26-22-34(38)10-1)49-33-50(42-27-23-35-11-2-4-13-39(35)31-42)58-55(57-49)37-24-20-36(21-25-37)40-14-9-15-43(32-40)53-47-29-28-45-44-16-6-8-19-51(44)59-54(45)52(47)46-17-5-7-18-48(46)56-53/h1-33H. The van der Waals surface area contributed by atoms with Crippen LogP contribution in [0.4, 0.5) is 0 Å². The van der Waals surface area contributed by atoms with E-state index >= 15 is 0 Å². The van der Waals surface area contributed by atoms with Gasteiger partial charge in [-0.25, -0.2) is 15.0 Å². The monoisotopic (exact) mass is 767 g/mol. The van der Waals surface area contributed by atoms with Crippen LogP contribution in [-0.2, 0) is 0 Å². The van der Waals surface area contributed by atoms with Crippen molar-refractivity contribution < 1.29 is 0 Å². The molecule has 0 saturated carbocycles. The molecule has 0 N–H and O–H groups in total. The van der Waals surface area contributed by atoms with Gasteiger partial charge in [0.05, 0.1) is 22.6 Å². The van der Waals surface area contributed by atoms with Crippen molar-refractivity contribution in [1.82, 2.24) is 15.0 Å². The largest absolute Gasteiger partial charge is 0.247 e. The quantitative estimate of drug-likeness (QED) is 0.164. The summed E-state index contributed by atoms with van der Waals surface area (Å²) in [5.41, 5.74) is 10.2. The SMILES string of the molecule is c1cc(-c2ccc(-c3nc(-c4ccc5ccccc5c4)cc(-c4ccc5ccccc5c4)n3)cc2)cc(-c2nc3ccccc3c3c2ccc2c4ccccc4sc23)c1. The van der Waals surface area contributed by atoms with E-state index in [2.05, 4.69) is 200 Å². The summed E-state index contributed by atoms with van der Waals surface area (Å²) in [6.07, 6.45) is 0. The van der Waals surface area contributed by atoms with E-state index in [0.717, 1.165) is 56.0 Å². The van der Waals surface area contributed by atoms with Crippen LogP contribution in [0.3, 0.4) is 0 Å². The minimum atomic E-state index is 0.693. The molecule has 0 fully saturated rings. The minimum Gasteiger partial charge on any atom is -0.247 e. The Morgan fingerprint density at radius 2 is 0.898 bits per heavy atom. The second kappa shape index (κ2) is 13.6. The van der Waals surface area contributed by atoms with Gasteiger partial charge in [0.15, 0.2) is 5.82 Å². The summed E-state index contributed by atoms with van der Waals surface area (Å²) in [6, 6.07) is 71.4. The summed E-state index contributed by atoms with van der Waals surface area (Å²) < 4.78 is 2.62. The molecule has 12 aromatic rings. The Morgan fingerprint density at radius 3 is 1.63 bits per heavy atom. The fraction of sp³-hybridized carbons (Fsp3) is 0. The number of thiophene rings is 1. The molecule has 0 aliphatic heterocycles. The van der Waals surface area contributed by atoms with Crippen LogP contribution in [0.2, 0.25) is 0 Å². The molecule has 0 amide bonds. The van der Waals surface area contributed by atoms with Crippen molar-refractivity contribution in [3.63, 3.8) is 0 Å². The van der Waals surface area contributed by atoms with E-state index in [0.29, 0.717) is 5.82 Å². The van der Waals surface area contributed by atoms with Crippen molar-refractivity contribution in [2.24, 2.45) is 0 Å². The number of rotatable bonds is 5. The van der Waals surface area contributed by atoms with E-state index in [4.69, 9.17) is 15.0 Å². The molecule has 12 rings (SSSR count). The number of hydrogen-bond donors (Lipinski definition) is 0. The van der Waals surface area contributed by atoms with Crippen LogP contribution in [0, 0.1) is 0 Å². The molecule has 274 valence electrons. The second-order valence-corrected chi connectivity index (χ2v) is 16.2. The van der Waals surface area contributed by atoms with E-state index in [1.165, 1.54) is 57.9 Å². The zero-order valence-corrected chi connectivity index (χ0v) is 32.6. The van der Waals surface area contributed by atoms with Gasteiger partial charge in [0.1, 0.15) is 0 Å². The average Bonchev–Trinajstić information content (AvgIpc) is 3.70. The average molecular weight is 768 g/mol. The predicted octanol–water partition coefficient (Wildman–Crippen LogP) is 15.2. The van der Waals surface area contributed by atoms with Crippen molar-refractivity contribution in [2.75, 3.05) is 0 Å². The van der Waals surface area contributed by atoms with Crippen LogP contribution < -0.4 is 0 Å². The van der Waals surface area contributed by atoms with Crippen LogP contribution in [0.5, 0.6) is 0 Å². The van der Waals surface area contributed by atoms with Gasteiger partial charge in [-0.1, -0.05) is 164 Å². The van der Waals surface area contributed by atoms with Crippen LogP contribution in [0.15, 0.2) is 200 Å². The third-order valence-corrected chi connectivity index (χ3v) is 12.8. The molecule has 0 aliphatic rings. The molecule has 59 heavy (non-hydrogen) atoms. The molecule has 0 radical (unpaired) electrons. The maximum Gasteiger partial charge on any atom is 0.160 e. The van der Waals surface area contributed by atoms with Gasteiger partial charge in [-0.15, -0.1) is 11.3 Å². The lowest BCUT2D eigenvalue weighted by molar-refractivity contribution is 1.18. The number of para-hydroxylation sites is 1. The molecule has 3 heterocycles. The molecule has 0 saturated heterocycles. The Hall–Kier alpha value is -7.53. The topological polar surface area (TPSA) is 38.7 Å². The van der Waals surface area contributed by atoms with E-state index in [1.54, 1.807) is 0 Å². The molecule has 3 nitrogen and oxygen atoms in total. The fourth-order valence-corrected chi connectivity index (χ4v) is 9.93. The van der Waals surface area contributed by atoms with Crippen molar-refractivity contribution >= 4 is 74.7 Å². The lowest BCUT2D eigenvalue weighted by atomic mass is 9.95. The van der Waals surface area contributed by atoms with Gasteiger partial charge in [0, 0.05) is 58.6 Å². The van der Waals surface area contributed by atoms with E-state index in [-0.39, 0.29) is 0 Å².